The van der Waals surface area contributed by atoms with Crippen molar-refractivity contribution in [2.75, 3.05) is 17.2 Å². The zero-order chi connectivity index (χ0) is 22.4. The van der Waals surface area contributed by atoms with Gasteiger partial charge in [-0.1, -0.05) is 12.1 Å². The molecule has 1 aromatic heterocycles. The number of benzene rings is 2. The first-order valence-electron chi connectivity index (χ1n) is 9.56. The minimum atomic E-state index is -3.70. The van der Waals surface area contributed by atoms with Crippen molar-refractivity contribution in [1.82, 2.24) is 4.72 Å². The van der Waals surface area contributed by atoms with Gasteiger partial charge in [-0.25, -0.2) is 13.1 Å². The summed E-state index contributed by atoms with van der Waals surface area (Å²) < 4.78 is 32.4. The Hall–Kier alpha value is -3.43. The number of amides is 2. The van der Waals surface area contributed by atoms with Crippen LogP contribution >= 0.6 is 0 Å². The van der Waals surface area contributed by atoms with E-state index < -0.39 is 10.0 Å². The first-order chi connectivity index (χ1) is 14.7. The normalized spacial score (nSPS) is 11.2. The number of carbonyl (C=O) groups excluding carboxylic acids is 2. The molecule has 0 unspecified atom stereocenters. The van der Waals surface area contributed by atoms with Crippen molar-refractivity contribution < 1.29 is 22.4 Å². The van der Waals surface area contributed by atoms with Crippen molar-refractivity contribution >= 4 is 33.2 Å². The topological polar surface area (TPSA) is 118 Å². The van der Waals surface area contributed by atoms with Gasteiger partial charge in [-0.2, -0.15) is 0 Å². The molecule has 2 amide bonds. The highest BCUT2D eigenvalue weighted by Gasteiger charge is 2.17. The van der Waals surface area contributed by atoms with E-state index in [0.717, 1.165) is 5.56 Å². The number of hydrogen-bond donors (Lipinski definition) is 3. The molecule has 3 aromatic rings. The number of furan rings is 1. The van der Waals surface area contributed by atoms with Crippen LogP contribution in [-0.4, -0.2) is 26.8 Å². The van der Waals surface area contributed by atoms with Crippen molar-refractivity contribution in [2.45, 2.75) is 25.2 Å². The van der Waals surface area contributed by atoms with Gasteiger partial charge in [0.25, 0.3) is 5.91 Å². The van der Waals surface area contributed by atoms with Crippen LogP contribution in [0.1, 0.15) is 28.1 Å². The van der Waals surface area contributed by atoms with Crippen LogP contribution in [0.5, 0.6) is 0 Å². The minimum absolute atomic E-state index is 0.0267. The van der Waals surface area contributed by atoms with Gasteiger partial charge in [0.05, 0.1) is 11.2 Å². The smallest absolute Gasteiger partial charge is 0.291 e. The van der Waals surface area contributed by atoms with E-state index in [9.17, 15) is 18.0 Å². The molecule has 0 aliphatic heterocycles. The summed E-state index contributed by atoms with van der Waals surface area (Å²) in [5, 5.41) is 5.37. The van der Waals surface area contributed by atoms with Crippen molar-refractivity contribution in [3.05, 3.63) is 77.7 Å². The number of carbonyl (C=O) groups is 2. The second kappa shape index (κ2) is 9.59. The van der Waals surface area contributed by atoms with Crippen LogP contribution in [0, 0.1) is 13.8 Å². The number of anilines is 2. The van der Waals surface area contributed by atoms with Gasteiger partial charge >= 0.3 is 0 Å². The summed E-state index contributed by atoms with van der Waals surface area (Å²) in [6.45, 7) is 3.51. The quantitative estimate of drug-likeness (QED) is 0.495. The van der Waals surface area contributed by atoms with Crippen LogP contribution < -0.4 is 15.4 Å². The van der Waals surface area contributed by atoms with Crippen molar-refractivity contribution in [3.8, 4) is 0 Å². The van der Waals surface area contributed by atoms with Crippen LogP contribution in [0.4, 0.5) is 11.4 Å². The van der Waals surface area contributed by atoms with Crippen LogP contribution in [-0.2, 0) is 14.8 Å². The molecule has 1 heterocycles. The largest absolute Gasteiger partial charge is 0.459 e. The Kier molecular flexibility index (Phi) is 6.88. The number of sulfonamides is 1. The maximum Gasteiger partial charge on any atom is 0.291 e. The van der Waals surface area contributed by atoms with Gasteiger partial charge in [0, 0.05) is 24.3 Å². The molecule has 0 bridgehead atoms. The van der Waals surface area contributed by atoms with E-state index >= 15 is 0 Å². The molecule has 3 rings (SSSR count). The fraction of sp³-hybridized carbons (Fsp3) is 0.182. The van der Waals surface area contributed by atoms with E-state index in [4.69, 9.17) is 4.42 Å². The van der Waals surface area contributed by atoms with Crippen molar-refractivity contribution in [3.63, 3.8) is 0 Å². The number of aryl methyl sites for hydroxylation is 2. The summed E-state index contributed by atoms with van der Waals surface area (Å²) in [7, 11) is -3.70. The molecule has 0 aliphatic carbocycles. The lowest BCUT2D eigenvalue weighted by Gasteiger charge is -2.11. The summed E-state index contributed by atoms with van der Waals surface area (Å²) in [5.41, 5.74) is 2.55. The standard InChI is InChI=1S/C22H23N3O5S/c1-15-5-6-16(2)20(14-15)31(28,29)23-12-11-21(26)24-17-7-9-18(10-8-17)25-22(27)19-4-3-13-30-19/h3-10,13-14,23H,11-12H2,1-2H3,(H,24,26)(H,25,27). The summed E-state index contributed by atoms with van der Waals surface area (Å²) >= 11 is 0. The molecule has 8 nitrogen and oxygen atoms in total. The molecule has 0 saturated heterocycles. The predicted molar refractivity (Wildman–Crippen MR) is 117 cm³/mol. The summed E-state index contributed by atoms with van der Waals surface area (Å²) in [6.07, 6.45) is 1.39. The van der Waals surface area contributed by atoms with E-state index in [0.29, 0.717) is 16.9 Å². The monoisotopic (exact) mass is 441 g/mol. The van der Waals surface area contributed by atoms with Gasteiger partial charge < -0.3 is 15.1 Å². The molecule has 31 heavy (non-hydrogen) atoms. The molecule has 0 radical (unpaired) electrons. The first kappa shape index (κ1) is 22.3. The van der Waals surface area contributed by atoms with Gasteiger partial charge in [0.1, 0.15) is 0 Å². The SMILES string of the molecule is Cc1ccc(C)c(S(=O)(=O)NCCC(=O)Nc2ccc(NC(=O)c3ccco3)cc2)c1. The van der Waals surface area contributed by atoms with E-state index in [-0.39, 0.29) is 35.4 Å². The predicted octanol–water partition coefficient (Wildman–Crippen LogP) is 3.46. The molecule has 162 valence electrons. The number of hydrogen-bond acceptors (Lipinski definition) is 5. The summed E-state index contributed by atoms with van der Waals surface area (Å²) in [4.78, 5) is 24.3. The Balaban J connectivity index is 1.49. The Bertz CT molecular complexity index is 1170. The number of nitrogens with one attached hydrogen (secondary N) is 3. The highest BCUT2D eigenvalue weighted by Crippen LogP contribution is 2.17. The van der Waals surface area contributed by atoms with Crippen LogP contribution in [0.2, 0.25) is 0 Å². The van der Waals surface area contributed by atoms with Crippen LogP contribution in [0.15, 0.2) is 70.2 Å². The van der Waals surface area contributed by atoms with Gasteiger partial charge in [0.2, 0.25) is 15.9 Å². The highest BCUT2D eigenvalue weighted by atomic mass is 32.2. The van der Waals surface area contributed by atoms with E-state index in [2.05, 4.69) is 15.4 Å². The molecule has 9 heteroatoms. The molecule has 0 spiro atoms. The maximum atomic E-state index is 12.5. The third-order valence-electron chi connectivity index (χ3n) is 4.45. The molecule has 2 aromatic carbocycles. The lowest BCUT2D eigenvalue weighted by Crippen LogP contribution is -2.28. The summed E-state index contributed by atoms with van der Waals surface area (Å²) in [6, 6.07) is 14.9. The highest BCUT2D eigenvalue weighted by molar-refractivity contribution is 7.89. The Morgan fingerprint density at radius 3 is 2.26 bits per heavy atom. The van der Waals surface area contributed by atoms with E-state index in [1.165, 1.54) is 6.26 Å². The Morgan fingerprint density at radius 1 is 0.935 bits per heavy atom. The average Bonchev–Trinajstić information content (AvgIpc) is 3.26. The maximum absolute atomic E-state index is 12.5. The lowest BCUT2D eigenvalue weighted by atomic mass is 10.2. The average molecular weight is 442 g/mol. The third-order valence-corrected chi connectivity index (χ3v) is 6.05. The second-order valence-electron chi connectivity index (χ2n) is 6.97. The van der Waals surface area contributed by atoms with E-state index in [1.807, 2.05) is 13.0 Å². The van der Waals surface area contributed by atoms with Crippen LogP contribution in [0.3, 0.4) is 0 Å². The van der Waals surface area contributed by atoms with Crippen molar-refractivity contribution in [1.29, 1.82) is 0 Å². The van der Waals surface area contributed by atoms with Gasteiger partial charge in [-0.3, -0.25) is 9.59 Å². The first-order valence-corrected chi connectivity index (χ1v) is 11.0. The third kappa shape index (κ3) is 6.03. The number of rotatable bonds is 8. The molecule has 0 fully saturated rings. The molecule has 3 N–H and O–H groups in total. The summed E-state index contributed by atoms with van der Waals surface area (Å²) in [5.74, 6) is -0.519. The fourth-order valence-electron chi connectivity index (χ4n) is 2.83. The van der Waals surface area contributed by atoms with E-state index in [1.54, 1.807) is 55.5 Å². The zero-order valence-electron chi connectivity index (χ0n) is 17.1. The van der Waals surface area contributed by atoms with Gasteiger partial charge in [-0.05, 0) is 67.4 Å². The van der Waals surface area contributed by atoms with Gasteiger partial charge in [-0.15, -0.1) is 0 Å². The van der Waals surface area contributed by atoms with Crippen LogP contribution in [0.25, 0.3) is 0 Å². The molecule has 0 aliphatic rings. The van der Waals surface area contributed by atoms with Gasteiger partial charge in [0.15, 0.2) is 5.76 Å². The second-order valence-corrected chi connectivity index (χ2v) is 8.71. The Morgan fingerprint density at radius 2 is 1.61 bits per heavy atom. The molecule has 0 saturated carbocycles. The lowest BCUT2D eigenvalue weighted by molar-refractivity contribution is -0.116. The Labute approximate surface area is 180 Å². The van der Waals surface area contributed by atoms with Crippen molar-refractivity contribution in [2.24, 2.45) is 0 Å². The molecular formula is C22H23N3O5S. The fourth-order valence-corrected chi connectivity index (χ4v) is 4.19. The minimum Gasteiger partial charge on any atom is -0.459 e. The molecule has 0 atom stereocenters. The molecular weight excluding hydrogens is 418 g/mol. The zero-order valence-corrected chi connectivity index (χ0v) is 18.0.